The molecule has 1 fully saturated rings. The van der Waals surface area contributed by atoms with Gasteiger partial charge in [-0.05, 0) is 43.5 Å². The van der Waals surface area contributed by atoms with Gasteiger partial charge in [0, 0.05) is 25.8 Å². The van der Waals surface area contributed by atoms with E-state index in [2.05, 4.69) is 55.6 Å². The van der Waals surface area contributed by atoms with E-state index in [9.17, 15) is 0 Å². The van der Waals surface area contributed by atoms with Gasteiger partial charge >= 0.3 is 0 Å². The molecule has 2 rings (SSSR count). The van der Waals surface area contributed by atoms with Crippen LogP contribution in [0.5, 0.6) is 0 Å². The van der Waals surface area contributed by atoms with Crippen molar-refractivity contribution in [2.75, 3.05) is 26.0 Å². The van der Waals surface area contributed by atoms with Crippen LogP contribution in [-0.4, -0.2) is 27.2 Å². The standard InChI is InChI=1S/C15H24N2/c1-16-15-7-5-4-6-14(15)12-8-10-13(11-9-12)17(2)3/h8-11,14-16H,4-7H2,1-3H3. The molecule has 2 nitrogen and oxygen atoms in total. The third-order valence-corrected chi connectivity index (χ3v) is 3.97. The zero-order valence-corrected chi connectivity index (χ0v) is 11.2. The fourth-order valence-electron chi connectivity index (χ4n) is 2.90. The van der Waals surface area contributed by atoms with E-state index in [-0.39, 0.29) is 0 Å². The Labute approximate surface area is 105 Å². The van der Waals surface area contributed by atoms with E-state index in [1.165, 1.54) is 36.9 Å². The van der Waals surface area contributed by atoms with E-state index in [4.69, 9.17) is 0 Å². The van der Waals surface area contributed by atoms with Gasteiger partial charge in [0.15, 0.2) is 0 Å². The smallest absolute Gasteiger partial charge is 0.0361 e. The summed E-state index contributed by atoms with van der Waals surface area (Å²) in [6.07, 6.45) is 5.39. The summed E-state index contributed by atoms with van der Waals surface area (Å²) in [6, 6.07) is 9.73. The van der Waals surface area contributed by atoms with Gasteiger partial charge in [-0.15, -0.1) is 0 Å². The Bertz CT molecular complexity index is 342. The Balaban J connectivity index is 2.15. The van der Waals surface area contributed by atoms with Crippen molar-refractivity contribution in [3.63, 3.8) is 0 Å². The molecule has 0 spiro atoms. The molecule has 0 amide bonds. The van der Waals surface area contributed by atoms with Crippen LogP contribution in [0.1, 0.15) is 37.2 Å². The third-order valence-electron chi connectivity index (χ3n) is 3.97. The molecule has 1 saturated carbocycles. The third kappa shape index (κ3) is 2.81. The molecule has 17 heavy (non-hydrogen) atoms. The van der Waals surface area contributed by atoms with Gasteiger partial charge in [-0.1, -0.05) is 25.0 Å². The van der Waals surface area contributed by atoms with Gasteiger partial charge < -0.3 is 10.2 Å². The first-order valence-electron chi connectivity index (χ1n) is 6.67. The van der Waals surface area contributed by atoms with Gasteiger partial charge in [-0.2, -0.15) is 0 Å². The van der Waals surface area contributed by atoms with Crippen LogP contribution in [0.3, 0.4) is 0 Å². The second-order valence-corrected chi connectivity index (χ2v) is 5.27. The van der Waals surface area contributed by atoms with Gasteiger partial charge in [-0.25, -0.2) is 0 Å². The number of likely N-dealkylation sites (N-methyl/N-ethyl adjacent to an activating group) is 1. The van der Waals surface area contributed by atoms with Crippen molar-refractivity contribution >= 4 is 5.69 Å². The molecule has 0 radical (unpaired) electrons. The molecule has 1 aliphatic rings. The van der Waals surface area contributed by atoms with Crippen molar-refractivity contribution in [1.29, 1.82) is 0 Å². The number of nitrogens with one attached hydrogen (secondary N) is 1. The Morgan fingerprint density at radius 2 is 1.71 bits per heavy atom. The Morgan fingerprint density at radius 3 is 2.29 bits per heavy atom. The second-order valence-electron chi connectivity index (χ2n) is 5.27. The highest BCUT2D eigenvalue weighted by atomic mass is 15.1. The first-order valence-corrected chi connectivity index (χ1v) is 6.67. The number of hydrogen-bond acceptors (Lipinski definition) is 2. The molecule has 0 aromatic heterocycles. The van der Waals surface area contributed by atoms with Crippen LogP contribution in [0.4, 0.5) is 5.69 Å². The predicted octanol–water partition coefficient (Wildman–Crippen LogP) is 3.00. The van der Waals surface area contributed by atoms with Crippen LogP contribution >= 0.6 is 0 Å². The summed E-state index contributed by atoms with van der Waals surface area (Å²) in [5, 5.41) is 3.48. The van der Waals surface area contributed by atoms with Crippen LogP contribution in [0.25, 0.3) is 0 Å². The molecule has 0 heterocycles. The zero-order chi connectivity index (χ0) is 12.3. The van der Waals surface area contributed by atoms with Crippen LogP contribution in [0.2, 0.25) is 0 Å². The minimum Gasteiger partial charge on any atom is -0.378 e. The van der Waals surface area contributed by atoms with E-state index in [1.54, 1.807) is 0 Å². The van der Waals surface area contributed by atoms with E-state index >= 15 is 0 Å². The van der Waals surface area contributed by atoms with E-state index in [0.717, 1.165) is 0 Å². The summed E-state index contributed by atoms with van der Waals surface area (Å²) in [5.74, 6) is 0.699. The fourth-order valence-corrected chi connectivity index (χ4v) is 2.90. The molecular weight excluding hydrogens is 208 g/mol. The Kier molecular flexibility index (Phi) is 4.06. The van der Waals surface area contributed by atoms with Gasteiger partial charge in [0.1, 0.15) is 0 Å². The first kappa shape index (κ1) is 12.4. The van der Waals surface area contributed by atoms with Gasteiger partial charge in [0.25, 0.3) is 0 Å². The van der Waals surface area contributed by atoms with Gasteiger partial charge in [-0.3, -0.25) is 0 Å². The second kappa shape index (κ2) is 5.54. The molecule has 2 heteroatoms. The highest BCUT2D eigenvalue weighted by Crippen LogP contribution is 2.33. The lowest BCUT2D eigenvalue weighted by atomic mass is 9.80. The largest absolute Gasteiger partial charge is 0.378 e. The lowest BCUT2D eigenvalue weighted by molar-refractivity contribution is 0.344. The van der Waals surface area contributed by atoms with Crippen molar-refractivity contribution in [3.8, 4) is 0 Å². The van der Waals surface area contributed by atoms with Gasteiger partial charge in [0.2, 0.25) is 0 Å². The predicted molar refractivity (Wildman–Crippen MR) is 74.8 cm³/mol. The van der Waals surface area contributed by atoms with E-state index in [0.29, 0.717) is 12.0 Å². The van der Waals surface area contributed by atoms with Gasteiger partial charge in [0.05, 0.1) is 0 Å². The molecule has 1 aliphatic carbocycles. The maximum Gasteiger partial charge on any atom is 0.0361 e. The summed E-state index contributed by atoms with van der Waals surface area (Å²) < 4.78 is 0. The molecule has 2 atom stereocenters. The topological polar surface area (TPSA) is 15.3 Å². The Morgan fingerprint density at radius 1 is 1.06 bits per heavy atom. The first-order chi connectivity index (χ1) is 8.22. The van der Waals surface area contributed by atoms with Crippen LogP contribution < -0.4 is 10.2 Å². The molecule has 0 aliphatic heterocycles. The summed E-state index contributed by atoms with van der Waals surface area (Å²) in [7, 11) is 6.27. The number of nitrogens with zero attached hydrogens (tertiary/aromatic N) is 1. The summed E-state index contributed by atoms with van der Waals surface area (Å²) in [6.45, 7) is 0. The van der Waals surface area contributed by atoms with Crippen LogP contribution in [-0.2, 0) is 0 Å². The molecule has 0 saturated heterocycles. The summed E-state index contributed by atoms with van der Waals surface area (Å²) in [5.41, 5.74) is 2.78. The highest BCUT2D eigenvalue weighted by Gasteiger charge is 2.24. The monoisotopic (exact) mass is 232 g/mol. The van der Waals surface area contributed by atoms with E-state index < -0.39 is 0 Å². The number of rotatable bonds is 3. The number of anilines is 1. The highest BCUT2D eigenvalue weighted by molar-refractivity contribution is 5.46. The molecule has 1 aromatic rings. The molecule has 1 N–H and O–H groups in total. The quantitative estimate of drug-likeness (QED) is 0.862. The average Bonchev–Trinajstić information content (AvgIpc) is 2.39. The van der Waals surface area contributed by atoms with Crippen molar-refractivity contribution in [2.24, 2.45) is 0 Å². The minimum absolute atomic E-state index is 0.661. The summed E-state index contributed by atoms with van der Waals surface area (Å²) in [4.78, 5) is 2.15. The number of benzene rings is 1. The molecular formula is C15H24N2. The minimum atomic E-state index is 0.661. The zero-order valence-electron chi connectivity index (χ0n) is 11.2. The van der Waals surface area contributed by atoms with Crippen LogP contribution in [0, 0.1) is 0 Å². The SMILES string of the molecule is CNC1CCCCC1c1ccc(N(C)C)cc1. The lowest BCUT2D eigenvalue weighted by Crippen LogP contribution is -2.34. The molecule has 0 bridgehead atoms. The van der Waals surface area contributed by atoms with Crippen LogP contribution in [0.15, 0.2) is 24.3 Å². The van der Waals surface area contributed by atoms with Crippen molar-refractivity contribution in [3.05, 3.63) is 29.8 Å². The maximum absolute atomic E-state index is 3.48. The average molecular weight is 232 g/mol. The summed E-state index contributed by atoms with van der Waals surface area (Å²) >= 11 is 0. The lowest BCUT2D eigenvalue weighted by Gasteiger charge is -2.32. The molecule has 94 valence electrons. The number of hydrogen-bond donors (Lipinski definition) is 1. The molecule has 1 aromatic carbocycles. The van der Waals surface area contributed by atoms with Crippen molar-refractivity contribution < 1.29 is 0 Å². The van der Waals surface area contributed by atoms with E-state index in [1.807, 2.05) is 0 Å². The maximum atomic E-state index is 3.48. The fraction of sp³-hybridized carbons (Fsp3) is 0.600. The van der Waals surface area contributed by atoms with Crippen molar-refractivity contribution in [1.82, 2.24) is 5.32 Å². The Hall–Kier alpha value is -1.02. The normalized spacial score (nSPS) is 24.6. The van der Waals surface area contributed by atoms with Crippen molar-refractivity contribution in [2.45, 2.75) is 37.6 Å². The molecule has 2 unspecified atom stereocenters.